The van der Waals surface area contributed by atoms with E-state index in [9.17, 15) is 0 Å². The van der Waals surface area contributed by atoms with Gasteiger partial charge in [-0.3, -0.25) is 9.69 Å². The van der Waals surface area contributed by atoms with Crippen molar-refractivity contribution in [3.05, 3.63) is 30.6 Å². The fraction of sp³-hybridized carbons (Fsp3) is 0. The zero-order valence-corrected chi connectivity index (χ0v) is 3.74. The maximum absolute atomic E-state index is 3.78. The molecule has 1 rings (SSSR count). The van der Waals surface area contributed by atoms with Crippen LogP contribution in [0, 0.1) is 0 Å². The maximum atomic E-state index is 3.78. The van der Waals surface area contributed by atoms with Crippen LogP contribution in [0.25, 0.3) is 0 Å². The van der Waals surface area contributed by atoms with Crippen molar-refractivity contribution in [3.63, 3.8) is 0 Å². The Labute approximate surface area is 42.9 Å². The van der Waals surface area contributed by atoms with Crippen LogP contribution in [-0.2, 0) is 0 Å². The molecule has 7 heavy (non-hydrogen) atoms. The molecule has 0 spiro atoms. The van der Waals surface area contributed by atoms with Crippen LogP contribution < -0.4 is 0 Å². The number of rotatable bonds is 0. The zero-order chi connectivity index (χ0) is 4.24. The second-order valence-corrected chi connectivity index (χ2v) is 1.02. The summed E-state index contributed by atoms with van der Waals surface area (Å²) in [5.74, 6) is 0. The Morgan fingerprint density at radius 1 is 1.00 bits per heavy atom. The van der Waals surface area contributed by atoms with Crippen LogP contribution in [0.1, 0.15) is 1.43 Å². The summed E-state index contributed by atoms with van der Waals surface area (Å²) in [6.07, 6.45) is 3.50. The van der Waals surface area contributed by atoms with E-state index in [4.69, 9.17) is 0 Å². The van der Waals surface area contributed by atoms with Crippen LogP contribution >= 0.6 is 0 Å². The lowest BCUT2D eigenvalue weighted by molar-refractivity contribution is 1.11. The van der Waals surface area contributed by atoms with Crippen molar-refractivity contribution in [3.8, 4) is 0 Å². The Morgan fingerprint density at radius 2 is 1.57 bits per heavy atom. The Balaban J connectivity index is 0. The van der Waals surface area contributed by atoms with E-state index < -0.39 is 0 Å². The molecule has 2 heteroatoms. The van der Waals surface area contributed by atoms with Crippen LogP contribution in [0.5, 0.6) is 0 Å². The first-order valence-electron chi connectivity index (χ1n) is 1.85. The van der Waals surface area contributed by atoms with Crippen LogP contribution in [0.4, 0.5) is 4.70 Å². The third-order valence-electron chi connectivity index (χ3n) is 0.566. The molecule has 0 unspecified atom stereocenters. The van der Waals surface area contributed by atoms with Crippen LogP contribution in [-0.4, -0.2) is 4.98 Å². The first kappa shape index (κ1) is 6.08. The molecular weight excluding hydrogens is 93.1 g/mol. The van der Waals surface area contributed by atoms with Gasteiger partial charge in [0, 0.05) is 13.8 Å². The lowest BCUT2D eigenvalue weighted by atomic mass is 10.5. The smallest absolute Gasteiger partial charge is 0.0267 e. The van der Waals surface area contributed by atoms with Gasteiger partial charge < -0.3 is 0 Å². The summed E-state index contributed by atoms with van der Waals surface area (Å²) < 4.78 is 0. The number of nitrogens with zero attached hydrogens (tertiary/aromatic N) is 1. The second kappa shape index (κ2) is 3.28. The van der Waals surface area contributed by atoms with Crippen molar-refractivity contribution < 1.29 is 6.13 Å². The van der Waals surface area contributed by atoms with Crippen molar-refractivity contribution >= 4 is 0 Å². The fourth-order valence-electron chi connectivity index (χ4n) is 0.313. The first-order valence-corrected chi connectivity index (χ1v) is 1.85. The normalized spacial score (nSPS) is 6.86. The van der Waals surface area contributed by atoms with Gasteiger partial charge in [0.05, 0.1) is 0 Å². The van der Waals surface area contributed by atoms with Gasteiger partial charge in [0.2, 0.25) is 0 Å². The van der Waals surface area contributed by atoms with Gasteiger partial charge in [-0.2, -0.15) is 0 Å². The zero-order valence-electron chi connectivity index (χ0n) is 4.74. The standard InChI is InChI=1S/C5H5N.FH.H/c1-2-4-6-5-3-1;;/h1-5H;1H;. The molecule has 0 amide bonds. The molecule has 0 aromatic carbocycles. The molecule has 0 bridgehead atoms. The number of hydrogen-bond donors (Lipinski definition) is 0. The Hall–Kier alpha value is -0.920. The van der Waals surface area contributed by atoms with Gasteiger partial charge in [-0.25, -0.2) is 0 Å². The summed E-state index contributed by atoms with van der Waals surface area (Å²) in [5, 5.41) is 0. The predicted octanol–water partition coefficient (Wildman–Crippen LogP) is 1.35. The van der Waals surface area contributed by atoms with Gasteiger partial charge >= 0.3 is 0 Å². The lowest BCUT2D eigenvalue weighted by Crippen LogP contribution is -1.58. The van der Waals surface area contributed by atoms with Crippen molar-refractivity contribution in [2.24, 2.45) is 0 Å². The minimum Gasteiger partial charge on any atom is -0.269 e. The van der Waals surface area contributed by atoms with Gasteiger partial charge in [0.15, 0.2) is 0 Å². The van der Waals surface area contributed by atoms with Gasteiger partial charge in [0.25, 0.3) is 0 Å². The summed E-state index contributed by atoms with van der Waals surface area (Å²) in [6.45, 7) is 0. The van der Waals surface area contributed by atoms with Crippen molar-refractivity contribution in [1.29, 1.82) is 0 Å². The lowest BCUT2D eigenvalue weighted by Gasteiger charge is -1.70. The van der Waals surface area contributed by atoms with Crippen LogP contribution in [0.3, 0.4) is 0 Å². The summed E-state index contributed by atoms with van der Waals surface area (Å²) in [5.41, 5.74) is 0. The van der Waals surface area contributed by atoms with E-state index in [0.717, 1.165) is 0 Å². The summed E-state index contributed by atoms with van der Waals surface area (Å²) in [7, 11) is 0. The highest BCUT2D eigenvalue weighted by Crippen LogP contribution is 1.73. The van der Waals surface area contributed by atoms with E-state index in [2.05, 4.69) is 4.98 Å². The summed E-state index contributed by atoms with van der Waals surface area (Å²) in [4.78, 5) is 3.78. The van der Waals surface area contributed by atoms with Crippen molar-refractivity contribution in [2.45, 2.75) is 0 Å². The molecule has 1 radical (unpaired) electrons. The number of pyridine rings is 1. The summed E-state index contributed by atoms with van der Waals surface area (Å²) >= 11 is 0. The molecular formula is C5H7FN. The Kier molecular flexibility index (Phi) is 2.85. The summed E-state index contributed by atoms with van der Waals surface area (Å²) in [6, 6.07) is 5.72. The fourth-order valence-corrected chi connectivity index (χ4v) is 0.313. The highest BCUT2D eigenvalue weighted by Gasteiger charge is 1.58. The number of aromatic nitrogens is 1. The SMILES string of the molecule is F.[H].c1ccncc1. The van der Waals surface area contributed by atoms with Crippen LogP contribution in [0.2, 0.25) is 0 Å². The third-order valence-corrected chi connectivity index (χ3v) is 0.566. The molecule has 1 heterocycles. The highest BCUT2D eigenvalue weighted by molar-refractivity contribution is 4.88. The molecule has 0 aliphatic heterocycles. The molecule has 1 aromatic rings. The maximum Gasteiger partial charge on any atom is 0.0267 e. The monoisotopic (exact) mass is 100 g/mol. The number of halogens is 1. The van der Waals surface area contributed by atoms with E-state index in [0.29, 0.717) is 0 Å². The average molecular weight is 100 g/mol. The molecule has 0 aliphatic carbocycles. The van der Waals surface area contributed by atoms with E-state index in [1.807, 2.05) is 18.2 Å². The van der Waals surface area contributed by atoms with Crippen LogP contribution in [0.15, 0.2) is 30.6 Å². The molecule has 0 saturated carbocycles. The van der Waals surface area contributed by atoms with Crippen molar-refractivity contribution in [2.75, 3.05) is 0 Å². The van der Waals surface area contributed by atoms with Gasteiger partial charge in [-0.05, 0) is 12.1 Å². The quantitative estimate of drug-likeness (QED) is 0.479. The average Bonchev–Trinajstić information content (AvgIpc) is 1.72. The van der Waals surface area contributed by atoms with Gasteiger partial charge in [-0.1, -0.05) is 6.07 Å². The largest absolute Gasteiger partial charge is 0.269 e. The molecule has 0 fully saturated rings. The van der Waals surface area contributed by atoms with Gasteiger partial charge in [0.1, 0.15) is 0 Å². The van der Waals surface area contributed by atoms with E-state index in [-0.39, 0.29) is 6.13 Å². The molecule has 0 saturated heterocycles. The second-order valence-electron chi connectivity index (χ2n) is 1.02. The molecule has 1 nitrogen and oxygen atoms in total. The van der Waals surface area contributed by atoms with E-state index in [1.165, 1.54) is 0 Å². The van der Waals surface area contributed by atoms with Gasteiger partial charge in [-0.15, -0.1) is 0 Å². The molecule has 0 N–H and O–H groups in total. The molecule has 39 valence electrons. The van der Waals surface area contributed by atoms with E-state index in [1.54, 1.807) is 12.4 Å². The number of hydrogen-bond acceptors (Lipinski definition) is 1. The predicted molar refractivity (Wildman–Crippen MR) is 27.9 cm³/mol. The topological polar surface area (TPSA) is 12.9 Å². The molecule has 0 atom stereocenters. The van der Waals surface area contributed by atoms with Crippen molar-refractivity contribution in [1.82, 2.24) is 4.98 Å². The third kappa shape index (κ3) is 1.87. The highest BCUT2D eigenvalue weighted by atomic mass is 19.0. The van der Waals surface area contributed by atoms with E-state index >= 15 is 0 Å². The Bertz CT molecular complexity index is 84.4. The minimum atomic E-state index is 0. The Morgan fingerprint density at radius 3 is 1.71 bits per heavy atom. The molecule has 1 aromatic heterocycles. The molecule has 0 aliphatic rings. The first-order chi connectivity index (χ1) is 3.00. The minimum absolute atomic E-state index is 0.